The quantitative estimate of drug-likeness (QED) is 0.746. The van der Waals surface area contributed by atoms with Crippen LogP contribution in [0.3, 0.4) is 0 Å². The van der Waals surface area contributed by atoms with E-state index in [2.05, 4.69) is 4.90 Å². The topological polar surface area (TPSA) is 57.7 Å². The van der Waals surface area contributed by atoms with Crippen molar-refractivity contribution in [3.05, 3.63) is 29.8 Å². The molecule has 0 unspecified atom stereocenters. The van der Waals surface area contributed by atoms with E-state index in [4.69, 9.17) is 0 Å². The Morgan fingerprint density at radius 2 is 1.83 bits per heavy atom. The van der Waals surface area contributed by atoms with E-state index in [1.807, 2.05) is 7.05 Å². The van der Waals surface area contributed by atoms with Crippen molar-refractivity contribution >= 4 is 16.3 Å². The molecule has 1 fully saturated rings. The van der Waals surface area contributed by atoms with Gasteiger partial charge in [0.15, 0.2) is 0 Å². The number of nitrogens with zero attached hydrogens (tertiary/aromatic N) is 2. The molecule has 0 aromatic heterocycles. The van der Waals surface area contributed by atoms with Gasteiger partial charge in [0.25, 0.3) is 0 Å². The van der Waals surface area contributed by atoms with Crippen molar-refractivity contribution < 1.29 is 13.2 Å². The number of piperazine rings is 1. The third-order valence-electron chi connectivity index (χ3n) is 3.09. The van der Waals surface area contributed by atoms with Crippen LogP contribution >= 0.6 is 0 Å². The van der Waals surface area contributed by atoms with Crippen molar-refractivity contribution in [1.29, 1.82) is 0 Å². The molecule has 5 nitrogen and oxygen atoms in total. The molecule has 0 saturated carbocycles. The summed E-state index contributed by atoms with van der Waals surface area (Å²) in [4.78, 5) is 13.0. The summed E-state index contributed by atoms with van der Waals surface area (Å²) in [6.45, 7) is 2.44. The molecule has 0 radical (unpaired) electrons. The van der Waals surface area contributed by atoms with Crippen molar-refractivity contribution in [2.75, 3.05) is 33.2 Å². The van der Waals surface area contributed by atoms with Gasteiger partial charge in [-0.1, -0.05) is 12.1 Å². The van der Waals surface area contributed by atoms with E-state index in [0.717, 1.165) is 13.1 Å². The summed E-state index contributed by atoms with van der Waals surface area (Å²) in [5, 5.41) is 0. The highest BCUT2D eigenvalue weighted by molar-refractivity contribution is 7.89. The van der Waals surface area contributed by atoms with Crippen LogP contribution in [0.1, 0.15) is 10.4 Å². The molecule has 1 aliphatic rings. The predicted molar refractivity (Wildman–Crippen MR) is 68.1 cm³/mol. The van der Waals surface area contributed by atoms with Crippen LogP contribution in [0.25, 0.3) is 0 Å². The number of carbonyl (C=O) groups excluding carboxylic acids is 1. The minimum atomic E-state index is -3.47. The molecule has 1 aromatic rings. The Labute approximate surface area is 107 Å². The normalized spacial score (nSPS) is 18.7. The Kier molecular flexibility index (Phi) is 3.79. The first-order valence-corrected chi connectivity index (χ1v) is 7.22. The van der Waals surface area contributed by atoms with Gasteiger partial charge in [0, 0.05) is 31.7 Å². The van der Waals surface area contributed by atoms with Crippen LogP contribution in [-0.2, 0) is 10.0 Å². The van der Waals surface area contributed by atoms with Crippen molar-refractivity contribution in [1.82, 2.24) is 9.21 Å². The third-order valence-corrected chi connectivity index (χ3v) is 4.99. The molecule has 0 atom stereocenters. The summed E-state index contributed by atoms with van der Waals surface area (Å²) in [7, 11) is -1.50. The van der Waals surface area contributed by atoms with Crippen molar-refractivity contribution in [3.63, 3.8) is 0 Å². The second-order valence-electron chi connectivity index (χ2n) is 4.40. The first-order valence-electron chi connectivity index (χ1n) is 5.78. The van der Waals surface area contributed by atoms with Crippen LogP contribution in [0.4, 0.5) is 0 Å². The molecule has 6 heteroatoms. The van der Waals surface area contributed by atoms with Gasteiger partial charge in [0.2, 0.25) is 10.0 Å². The van der Waals surface area contributed by atoms with Crippen LogP contribution < -0.4 is 0 Å². The van der Waals surface area contributed by atoms with Gasteiger partial charge in [-0.3, -0.25) is 4.79 Å². The number of likely N-dealkylation sites (N-methyl/N-ethyl adjacent to an activating group) is 1. The highest BCUT2D eigenvalue weighted by Crippen LogP contribution is 2.17. The van der Waals surface area contributed by atoms with E-state index >= 15 is 0 Å². The zero-order valence-electron chi connectivity index (χ0n) is 10.2. The fraction of sp³-hybridized carbons (Fsp3) is 0.417. The Balaban J connectivity index is 2.27. The van der Waals surface area contributed by atoms with E-state index < -0.39 is 10.0 Å². The molecule has 1 heterocycles. The van der Waals surface area contributed by atoms with Crippen molar-refractivity contribution in [2.24, 2.45) is 0 Å². The van der Waals surface area contributed by atoms with Gasteiger partial charge >= 0.3 is 0 Å². The molecule has 1 saturated heterocycles. The monoisotopic (exact) mass is 268 g/mol. The van der Waals surface area contributed by atoms with E-state index in [1.165, 1.54) is 16.4 Å². The van der Waals surface area contributed by atoms with E-state index in [9.17, 15) is 13.2 Å². The smallest absolute Gasteiger partial charge is 0.243 e. The van der Waals surface area contributed by atoms with Crippen molar-refractivity contribution in [2.45, 2.75) is 4.90 Å². The molecular formula is C12H16N2O3S. The maximum absolute atomic E-state index is 12.4. The van der Waals surface area contributed by atoms with Gasteiger partial charge in [0.05, 0.1) is 4.90 Å². The van der Waals surface area contributed by atoms with Gasteiger partial charge in [-0.15, -0.1) is 0 Å². The van der Waals surface area contributed by atoms with Crippen LogP contribution in [-0.4, -0.2) is 57.1 Å². The highest BCUT2D eigenvalue weighted by atomic mass is 32.2. The minimum absolute atomic E-state index is 0.191. The number of rotatable bonds is 3. The fourth-order valence-corrected chi connectivity index (χ4v) is 3.40. The number of benzene rings is 1. The molecule has 1 aliphatic heterocycles. The van der Waals surface area contributed by atoms with E-state index in [0.29, 0.717) is 24.9 Å². The second-order valence-corrected chi connectivity index (χ2v) is 6.34. The summed E-state index contributed by atoms with van der Waals surface area (Å²) in [5.41, 5.74) is 0.380. The Morgan fingerprint density at radius 3 is 2.44 bits per heavy atom. The number of hydrogen-bond donors (Lipinski definition) is 0. The Morgan fingerprint density at radius 1 is 1.17 bits per heavy atom. The Bertz CT molecular complexity index is 534. The largest absolute Gasteiger partial charge is 0.304 e. The Hall–Kier alpha value is -1.24. The average Bonchev–Trinajstić information content (AvgIpc) is 2.39. The third kappa shape index (κ3) is 2.60. The molecule has 18 heavy (non-hydrogen) atoms. The van der Waals surface area contributed by atoms with Crippen LogP contribution in [0.5, 0.6) is 0 Å². The lowest BCUT2D eigenvalue weighted by Crippen LogP contribution is -2.47. The number of carbonyl (C=O) groups is 1. The number of aldehydes is 1. The lowest BCUT2D eigenvalue weighted by molar-refractivity contribution is 0.112. The first-order chi connectivity index (χ1) is 8.54. The van der Waals surface area contributed by atoms with Gasteiger partial charge in [-0.05, 0) is 19.2 Å². The molecule has 0 spiro atoms. The first kappa shape index (κ1) is 13.2. The molecule has 98 valence electrons. The molecule has 0 bridgehead atoms. The standard InChI is InChI=1S/C12H16N2O3S/c1-13-5-7-14(8-6-13)18(16,17)12-4-2-3-11(9-12)10-15/h2-4,9-10H,5-8H2,1H3. The van der Waals surface area contributed by atoms with Crippen LogP contribution in [0.15, 0.2) is 29.2 Å². The molecule has 1 aromatic carbocycles. The number of sulfonamides is 1. The molecule has 0 aliphatic carbocycles. The molecule has 2 rings (SSSR count). The maximum Gasteiger partial charge on any atom is 0.243 e. The average molecular weight is 268 g/mol. The SMILES string of the molecule is CN1CCN(S(=O)(=O)c2cccc(C=O)c2)CC1. The maximum atomic E-state index is 12.4. The van der Waals surface area contributed by atoms with Crippen LogP contribution in [0.2, 0.25) is 0 Å². The van der Waals surface area contributed by atoms with E-state index in [-0.39, 0.29) is 4.90 Å². The molecule has 0 amide bonds. The zero-order chi connectivity index (χ0) is 13.2. The van der Waals surface area contributed by atoms with Gasteiger partial charge in [0.1, 0.15) is 6.29 Å². The van der Waals surface area contributed by atoms with E-state index in [1.54, 1.807) is 12.1 Å². The zero-order valence-corrected chi connectivity index (χ0v) is 11.1. The number of hydrogen-bond acceptors (Lipinski definition) is 4. The summed E-state index contributed by atoms with van der Waals surface area (Å²) >= 11 is 0. The lowest BCUT2D eigenvalue weighted by atomic mass is 10.2. The minimum Gasteiger partial charge on any atom is -0.304 e. The van der Waals surface area contributed by atoms with Gasteiger partial charge < -0.3 is 4.90 Å². The molecular weight excluding hydrogens is 252 g/mol. The lowest BCUT2D eigenvalue weighted by Gasteiger charge is -2.31. The van der Waals surface area contributed by atoms with Crippen molar-refractivity contribution in [3.8, 4) is 0 Å². The fourth-order valence-electron chi connectivity index (χ4n) is 1.93. The summed E-state index contributed by atoms with van der Waals surface area (Å²) < 4.78 is 26.2. The summed E-state index contributed by atoms with van der Waals surface area (Å²) in [5.74, 6) is 0. The highest BCUT2D eigenvalue weighted by Gasteiger charge is 2.27. The van der Waals surface area contributed by atoms with Gasteiger partial charge in [-0.25, -0.2) is 8.42 Å². The summed E-state index contributed by atoms with van der Waals surface area (Å²) in [6.07, 6.45) is 0.656. The van der Waals surface area contributed by atoms with Gasteiger partial charge in [-0.2, -0.15) is 4.31 Å². The molecule has 0 N–H and O–H groups in total. The summed E-state index contributed by atoms with van der Waals surface area (Å²) in [6, 6.07) is 6.13. The van der Waals surface area contributed by atoms with Crippen LogP contribution in [0, 0.1) is 0 Å². The second kappa shape index (κ2) is 5.17. The predicted octanol–water partition coefficient (Wildman–Crippen LogP) is 0.435.